The standard InChI is InChI=1S/C20H23NO4/c1-12-6-3-4-9-15(12)16-11-17(22)19(23)18(16)21-20(24)13-7-5-8-14(10-13)25-2/h3-10,16-19,22-23H,11H2,1-2H3,(H,21,24)/t16-,17-,18-,19-/m1/s1. The number of benzene rings is 2. The summed E-state index contributed by atoms with van der Waals surface area (Å²) < 4.78 is 5.15. The number of aliphatic hydroxyl groups is 2. The molecule has 0 bridgehead atoms. The minimum absolute atomic E-state index is 0.138. The molecule has 0 aliphatic heterocycles. The Morgan fingerprint density at radius 2 is 1.92 bits per heavy atom. The molecular formula is C20H23NO4. The fourth-order valence-corrected chi connectivity index (χ4v) is 3.53. The summed E-state index contributed by atoms with van der Waals surface area (Å²) in [4.78, 5) is 12.6. The van der Waals surface area contributed by atoms with E-state index in [2.05, 4.69) is 5.32 Å². The molecule has 0 aromatic heterocycles. The SMILES string of the molecule is COc1cccc(C(=O)N[C@H]2[C@H](O)[C@H](O)C[C@@H]2c2ccccc2C)c1. The smallest absolute Gasteiger partial charge is 0.251 e. The summed E-state index contributed by atoms with van der Waals surface area (Å²) in [6.45, 7) is 1.99. The first kappa shape index (κ1) is 17.5. The maximum atomic E-state index is 12.6. The van der Waals surface area contributed by atoms with Gasteiger partial charge in [0.05, 0.1) is 19.3 Å². The zero-order valence-electron chi connectivity index (χ0n) is 14.3. The lowest BCUT2D eigenvalue weighted by molar-refractivity contribution is 0.0294. The minimum atomic E-state index is -1.00. The molecule has 1 fully saturated rings. The molecule has 5 nitrogen and oxygen atoms in total. The van der Waals surface area contributed by atoms with Crippen LogP contribution in [-0.4, -0.2) is 41.5 Å². The van der Waals surface area contributed by atoms with Gasteiger partial charge in [0.25, 0.3) is 5.91 Å². The third-order valence-electron chi connectivity index (χ3n) is 4.91. The molecule has 0 unspecified atom stereocenters. The van der Waals surface area contributed by atoms with E-state index in [4.69, 9.17) is 4.74 Å². The highest BCUT2D eigenvalue weighted by Crippen LogP contribution is 2.37. The summed E-state index contributed by atoms with van der Waals surface area (Å²) in [5.41, 5.74) is 2.57. The second kappa shape index (κ2) is 7.25. The molecule has 3 rings (SSSR count). The molecule has 1 aliphatic carbocycles. The van der Waals surface area contributed by atoms with Crippen LogP contribution in [0.5, 0.6) is 5.75 Å². The first-order chi connectivity index (χ1) is 12.0. The van der Waals surface area contributed by atoms with Crippen molar-refractivity contribution in [2.24, 2.45) is 0 Å². The largest absolute Gasteiger partial charge is 0.497 e. The Morgan fingerprint density at radius 3 is 2.64 bits per heavy atom. The Labute approximate surface area is 147 Å². The Hall–Kier alpha value is -2.37. The predicted molar refractivity (Wildman–Crippen MR) is 94.8 cm³/mol. The van der Waals surface area contributed by atoms with Gasteiger partial charge in [-0.25, -0.2) is 0 Å². The van der Waals surface area contributed by atoms with Crippen LogP contribution < -0.4 is 10.1 Å². The number of ether oxygens (including phenoxy) is 1. The average molecular weight is 341 g/mol. The quantitative estimate of drug-likeness (QED) is 0.795. The molecule has 0 radical (unpaired) electrons. The van der Waals surface area contributed by atoms with Gasteiger partial charge in [-0.1, -0.05) is 30.3 Å². The Kier molecular flexibility index (Phi) is 5.06. The number of carbonyl (C=O) groups excluding carboxylic acids is 1. The summed E-state index contributed by atoms with van der Waals surface area (Å²) in [6.07, 6.45) is -1.45. The highest BCUT2D eigenvalue weighted by Gasteiger charge is 2.43. The predicted octanol–water partition coefficient (Wildman–Crippen LogP) is 2.01. The molecular weight excluding hydrogens is 318 g/mol. The first-order valence-corrected chi connectivity index (χ1v) is 8.38. The molecule has 1 aliphatic rings. The van der Waals surface area contributed by atoms with Gasteiger partial charge in [-0.2, -0.15) is 0 Å². The van der Waals surface area contributed by atoms with Crippen molar-refractivity contribution in [1.29, 1.82) is 0 Å². The van der Waals surface area contributed by atoms with E-state index in [-0.39, 0.29) is 11.8 Å². The van der Waals surface area contributed by atoms with Crippen molar-refractivity contribution in [2.75, 3.05) is 7.11 Å². The average Bonchev–Trinajstić information content (AvgIpc) is 2.90. The Bertz CT molecular complexity index is 761. The first-order valence-electron chi connectivity index (χ1n) is 8.38. The molecule has 5 heteroatoms. The van der Waals surface area contributed by atoms with Gasteiger partial charge in [-0.3, -0.25) is 4.79 Å². The maximum absolute atomic E-state index is 12.6. The summed E-state index contributed by atoms with van der Waals surface area (Å²) in [7, 11) is 1.54. The summed E-state index contributed by atoms with van der Waals surface area (Å²) in [5, 5.41) is 23.4. The van der Waals surface area contributed by atoms with Crippen LogP contribution >= 0.6 is 0 Å². The van der Waals surface area contributed by atoms with Gasteiger partial charge < -0.3 is 20.3 Å². The molecule has 2 aromatic carbocycles. The van der Waals surface area contributed by atoms with Crippen LogP contribution in [0.1, 0.15) is 33.8 Å². The number of methoxy groups -OCH3 is 1. The van der Waals surface area contributed by atoms with E-state index in [1.165, 1.54) is 0 Å². The van der Waals surface area contributed by atoms with Crippen LogP contribution in [0.15, 0.2) is 48.5 Å². The van der Waals surface area contributed by atoms with Crippen molar-refractivity contribution in [3.05, 3.63) is 65.2 Å². The third kappa shape index (κ3) is 3.52. The number of hydrogen-bond donors (Lipinski definition) is 3. The number of nitrogens with one attached hydrogen (secondary N) is 1. The van der Waals surface area contributed by atoms with Crippen LogP contribution in [0.3, 0.4) is 0 Å². The number of carbonyl (C=O) groups is 1. The van der Waals surface area contributed by atoms with Crippen LogP contribution in [-0.2, 0) is 0 Å². The second-order valence-electron chi connectivity index (χ2n) is 6.49. The highest BCUT2D eigenvalue weighted by atomic mass is 16.5. The molecule has 2 aromatic rings. The zero-order chi connectivity index (χ0) is 18.0. The third-order valence-corrected chi connectivity index (χ3v) is 4.91. The fourth-order valence-electron chi connectivity index (χ4n) is 3.53. The number of aryl methyl sites for hydroxylation is 1. The van der Waals surface area contributed by atoms with Gasteiger partial charge in [0, 0.05) is 11.5 Å². The van der Waals surface area contributed by atoms with Crippen molar-refractivity contribution in [3.8, 4) is 5.75 Å². The lowest BCUT2D eigenvalue weighted by Gasteiger charge is -2.25. The molecule has 1 amide bonds. The van der Waals surface area contributed by atoms with Crippen molar-refractivity contribution in [2.45, 2.75) is 37.5 Å². The molecule has 132 valence electrons. The van der Waals surface area contributed by atoms with E-state index in [1.807, 2.05) is 31.2 Å². The molecule has 0 spiro atoms. The summed E-state index contributed by atoms with van der Waals surface area (Å²) >= 11 is 0. The van der Waals surface area contributed by atoms with Gasteiger partial charge in [0.1, 0.15) is 11.9 Å². The maximum Gasteiger partial charge on any atom is 0.251 e. The lowest BCUT2D eigenvalue weighted by Crippen LogP contribution is -2.45. The van der Waals surface area contributed by atoms with Gasteiger partial charge in [0.15, 0.2) is 0 Å². The molecule has 0 heterocycles. The van der Waals surface area contributed by atoms with Crippen LogP contribution in [0, 0.1) is 6.92 Å². The van der Waals surface area contributed by atoms with E-state index < -0.39 is 18.2 Å². The van der Waals surface area contributed by atoms with Gasteiger partial charge in [0.2, 0.25) is 0 Å². The van der Waals surface area contributed by atoms with Crippen LogP contribution in [0.2, 0.25) is 0 Å². The van der Waals surface area contributed by atoms with Crippen molar-refractivity contribution >= 4 is 5.91 Å². The van der Waals surface area contributed by atoms with Crippen LogP contribution in [0.4, 0.5) is 0 Å². The van der Waals surface area contributed by atoms with E-state index in [1.54, 1.807) is 31.4 Å². The number of rotatable bonds is 4. The van der Waals surface area contributed by atoms with E-state index in [0.717, 1.165) is 11.1 Å². The topological polar surface area (TPSA) is 78.8 Å². The summed E-state index contributed by atoms with van der Waals surface area (Å²) in [5.74, 6) is 0.159. The molecule has 3 N–H and O–H groups in total. The number of hydrogen-bond acceptors (Lipinski definition) is 4. The molecule has 0 saturated heterocycles. The fraction of sp³-hybridized carbons (Fsp3) is 0.350. The van der Waals surface area contributed by atoms with Gasteiger partial charge >= 0.3 is 0 Å². The molecule has 1 saturated carbocycles. The van der Waals surface area contributed by atoms with E-state index >= 15 is 0 Å². The van der Waals surface area contributed by atoms with Crippen molar-refractivity contribution in [1.82, 2.24) is 5.32 Å². The van der Waals surface area contributed by atoms with E-state index in [9.17, 15) is 15.0 Å². The Morgan fingerprint density at radius 1 is 1.16 bits per heavy atom. The molecule has 4 atom stereocenters. The lowest BCUT2D eigenvalue weighted by atomic mass is 9.90. The normalized spacial score (nSPS) is 25.6. The van der Waals surface area contributed by atoms with Crippen molar-refractivity contribution in [3.63, 3.8) is 0 Å². The highest BCUT2D eigenvalue weighted by molar-refractivity contribution is 5.94. The van der Waals surface area contributed by atoms with Gasteiger partial charge in [-0.15, -0.1) is 0 Å². The van der Waals surface area contributed by atoms with Crippen LogP contribution in [0.25, 0.3) is 0 Å². The van der Waals surface area contributed by atoms with Crippen molar-refractivity contribution < 1.29 is 19.7 Å². The number of aliphatic hydroxyl groups excluding tert-OH is 2. The molecule has 25 heavy (non-hydrogen) atoms. The monoisotopic (exact) mass is 341 g/mol. The second-order valence-corrected chi connectivity index (χ2v) is 6.49. The Balaban J connectivity index is 1.85. The minimum Gasteiger partial charge on any atom is -0.497 e. The number of amides is 1. The van der Waals surface area contributed by atoms with Gasteiger partial charge in [-0.05, 0) is 42.7 Å². The van der Waals surface area contributed by atoms with E-state index in [0.29, 0.717) is 17.7 Å². The zero-order valence-corrected chi connectivity index (χ0v) is 14.3. The summed E-state index contributed by atoms with van der Waals surface area (Å²) in [6, 6.07) is 14.2.